The van der Waals surface area contributed by atoms with Crippen molar-refractivity contribution < 1.29 is 9.59 Å². The average Bonchev–Trinajstić information content (AvgIpc) is 3.25. The van der Waals surface area contributed by atoms with E-state index in [-0.39, 0.29) is 11.5 Å². The van der Waals surface area contributed by atoms with Gasteiger partial charge in [0.05, 0.1) is 23.0 Å². The van der Waals surface area contributed by atoms with Crippen molar-refractivity contribution in [2.24, 2.45) is 16.9 Å². The molecule has 0 unspecified atom stereocenters. The third-order valence-electron chi connectivity index (χ3n) is 5.98. The Hall–Kier alpha value is -3.35. The van der Waals surface area contributed by atoms with Crippen LogP contribution < -0.4 is 16.8 Å². The number of benzene rings is 1. The quantitative estimate of drug-likeness (QED) is 0.619. The first-order valence-corrected chi connectivity index (χ1v) is 9.74. The minimum Gasteiger partial charge on any atom is -0.379 e. The zero-order valence-electron chi connectivity index (χ0n) is 16.6. The largest absolute Gasteiger partial charge is 0.379 e. The molecule has 1 aromatic carbocycles. The highest BCUT2D eigenvalue weighted by atomic mass is 16.1. The fraction of sp³-hybridized carbons (Fsp3) is 0.318. The molecule has 0 spiro atoms. The van der Waals surface area contributed by atoms with Gasteiger partial charge in [-0.1, -0.05) is 32.4 Å². The molecule has 7 nitrogen and oxygen atoms in total. The molecule has 1 aliphatic carbocycles. The van der Waals surface area contributed by atoms with Crippen LogP contribution in [0, 0.1) is 5.41 Å². The Kier molecular flexibility index (Phi) is 4.53. The van der Waals surface area contributed by atoms with E-state index >= 15 is 0 Å². The molecule has 0 aliphatic heterocycles. The molecular weight excluding hydrogens is 366 g/mol. The molecule has 1 fully saturated rings. The molecule has 5 N–H and O–H groups in total. The van der Waals surface area contributed by atoms with Gasteiger partial charge in [0.1, 0.15) is 0 Å². The zero-order chi connectivity index (χ0) is 20.8. The molecule has 3 aromatic rings. The molecular formula is C22H25N5O2. The first-order valence-electron chi connectivity index (χ1n) is 9.74. The number of hydrogen-bond acceptors (Lipinski definition) is 4. The van der Waals surface area contributed by atoms with Gasteiger partial charge in [-0.2, -0.15) is 5.10 Å². The van der Waals surface area contributed by atoms with Crippen LogP contribution in [0.1, 0.15) is 53.8 Å². The van der Waals surface area contributed by atoms with Crippen LogP contribution in [0.15, 0.2) is 42.7 Å². The van der Waals surface area contributed by atoms with E-state index in [2.05, 4.69) is 24.3 Å². The predicted octanol–water partition coefficient (Wildman–Crippen LogP) is 3.19. The minimum atomic E-state index is -0.508. The molecule has 1 saturated carbocycles. The van der Waals surface area contributed by atoms with E-state index in [0.717, 1.165) is 35.9 Å². The lowest BCUT2D eigenvalue weighted by Crippen LogP contribution is -2.32. The number of fused-ring (bicyclic) bond motifs is 1. The van der Waals surface area contributed by atoms with Gasteiger partial charge in [-0.25, -0.2) is 4.52 Å². The number of carbonyl (C=O) groups is 2. The van der Waals surface area contributed by atoms with Gasteiger partial charge in [-0.15, -0.1) is 0 Å². The summed E-state index contributed by atoms with van der Waals surface area (Å²) in [6.07, 6.45) is 6.73. The number of primary amides is 2. The number of nitrogens with two attached hydrogens (primary N) is 2. The summed E-state index contributed by atoms with van der Waals surface area (Å²) < 4.78 is 1.74. The maximum absolute atomic E-state index is 12.1. The summed E-state index contributed by atoms with van der Waals surface area (Å²) in [5, 5.41) is 7.96. The molecule has 1 atom stereocenters. The number of rotatable bonds is 5. The molecule has 0 saturated heterocycles. The van der Waals surface area contributed by atoms with Gasteiger partial charge in [0.2, 0.25) is 5.91 Å². The molecule has 7 heteroatoms. The molecule has 29 heavy (non-hydrogen) atoms. The maximum atomic E-state index is 12.1. The lowest BCUT2D eigenvalue weighted by atomic mass is 9.87. The normalized spacial score (nSPS) is 18.1. The maximum Gasteiger partial charge on any atom is 0.252 e. The molecule has 4 rings (SSSR count). The van der Waals surface area contributed by atoms with Crippen molar-refractivity contribution in [2.45, 2.75) is 39.2 Å². The fourth-order valence-corrected chi connectivity index (χ4v) is 4.15. The SMILES string of the molecule is CC1(C)CCC[C@H]1Nc1c(C(N)=O)cnn2cc(-c3ccc(C(N)=O)cc3)cc12. The second kappa shape index (κ2) is 6.92. The van der Waals surface area contributed by atoms with Crippen LogP contribution in [0.25, 0.3) is 16.6 Å². The van der Waals surface area contributed by atoms with Crippen molar-refractivity contribution in [3.63, 3.8) is 0 Å². The Bertz CT molecular complexity index is 1100. The van der Waals surface area contributed by atoms with Crippen molar-refractivity contribution in [2.75, 3.05) is 5.32 Å². The number of hydrogen-bond donors (Lipinski definition) is 3. The van der Waals surface area contributed by atoms with E-state index in [4.69, 9.17) is 11.5 Å². The summed E-state index contributed by atoms with van der Waals surface area (Å²) in [6.45, 7) is 4.48. The van der Waals surface area contributed by atoms with E-state index < -0.39 is 11.8 Å². The number of anilines is 1. The molecule has 0 bridgehead atoms. The number of aromatic nitrogens is 2. The van der Waals surface area contributed by atoms with Gasteiger partial charge >= 0.3 is 0 Å². The van der Waals surface area contributed by atoms with Gasteiger partial charge < -0.3 is 16.8 Å². The first kappa shape index (κ1) is 19.0. The second-order valence-electron chi connectivity index (χ2n) is 8.38. The van der Waals surface area contributed by atoms with Crippen LogP contribution >= 0.6 is 0 Å². The number of nitrogens with one attached hydrogen (secondary N) is 1. The molecule has 1 aliphatic rings. The van der Waals surface area contributed by atoms with E-state index in [0.29, 0.717) is 16.8 Å². The minimum absolute atomic E-state index is 0.134. The summed E-state index contributed by atoms with van der Waals surface area (Å²) in [5.74, 6) is -0.969. The first-order chi connectivity index (χ1) is 13.8. The number of amides is 2. The Balaban J connectivity index is 1.79. The average molecular weight is 391 g/mol. The lowest BCUT2D eigenvalue weighted by Gasteiger charge is -2.29. The van der Waals surface area contributed by atoms with Gasteiger partial charge in [-0.05, 0) is 42.0 Å². The Morgan fingerprint density at radius 2 is 1.86 bits per heavy atom. The predicted molar refractivity (Wildman–Crippen MR) is 113 cm³/mol. The topological polar surface area (TPSA) is 116 Å². The van der Waals surface area contributed by atoms with Crippen molar-refractivity contribution in [3.8, 4) is 11.1 Å². The van der Waals surface area contributed by atoms with Crippen molar-refractivity contribution in [1.29, 1.82) is 0 Å². The van der Waals surface area contributed by atoms with Crippen molar-refractivity contribution >= 4 is 23.0 Å². The molecule has 150 valence electrons. The van der Waals surface area contributed by atoms with Gasteiger partial charge in [0.15, 0.2) is 0 Å². The van der Waals surface area contributed by atoms with Crippen molar-refractivity contribution in [1.82, 2.24) is 9.61 Å². The monoisotopic (exact) mass is 391 g/mol. The summed E-state index contributed by atoms with van der Waals surface area (Å²) in [6, 6.07) is 9.31. The standard InChI is InChI=1S/C22H25N5O2/c1-22(2)9-3-4-18(22)26-19-16(21(24)29)11-25-27-12-15(10-17(19)27)13-5-7-14(8-6-13)20(23)28/h5-8,10-12,18,26H,3-4,9H2,1-2H3,(H2,23,28)(H2,24,29)/t18-/m1/s1. The molecule has 2 amide bonds. The van der Waals surface area contributed by atoms with E-state index in [1.807, 2.05) is 24.4 Å². The highest BCUT2D eigenvalue weighted by molar-refractivity contribution is 6.02. The molecule has 2 heterocycles. The van der Waals surface area contributed by atoms with Crippen molar-refractivity contribution in [3.05, 3.63) is 53.9 Å². The lowest BCUT2D eigenvalue weighted by molar-refractivity contribution is 0.0992. The fourth-order valence-electron chi connectivity index (χ4n) is 4.15. The Morgan fingerprint density at radius 3 is 2.45 bits per heavy atom. The Morgan fingerprint density at radius 1 is 1.14 bits per heavy atom. The summed E-state index contributed by atoms with van der Waals surface area (Å²) >= 11 is 0. The second-order valence-corrected chi connectivity index (χ2v) is 8.38. The van der Waals surface area contributed by atoms with Gasteiger partial charge in [0, 0.05) is 23.4 Å². The third kappa shape index (κ3) is 3.44. The summed E-state index contributed by atoms with van der Waals surface area (Å²) in [4.78, 5) is 23.4. The van der Waals surface area contributed by atoms with E-state index in [9.17, 15) is 9.59 Å². The van der Waals surface area contributed by atoms with Crippen LogP contribution in [-0.4, -0.2) is 27.5 Å². The van der Waals surface area contributed by atoms with E-state index in [1.165, 1.54) is 6.20 Å². The number of nitrogens with zero attached hydrogens (tertiary/aromatic N) is 2. The van der Waals surface area contributed by atoms with Crippen LogP contribution in [0.4, 0.5) is 5.69 Å². The van der Waals surface area contributed by atoms with Crippen LogP contribution in [-0.2, 0) is 0 Å². The molecule has 0 radical (unpaired) electrons. The van der Waals surface area contributed by atoms with Crippen LogP contribution in [0.2, 0.25) is 0 Å². The van der Waals surface area contributed by atoms with Crippen LogP contribution in [0.5, 0.6) is 0 Å². The van der Waals surface area contributed by atoms with Gasteiger partial charge in [0.25, 0.3) is 5.91 Å². The Labute approximate surface area is 169 Å². The highest BCUT2D eigenvalue weighted by Gasteiger charge is 2.35. The molecule has 2 aromatic heterocycles. The third-order valence-corrected chi connectivity index (χ3v) is 5.98. The highest BCUT2D eigenvalue weighted by Crippen LogP contribution is 2.40. The van der Waals surface area contributed by atoms with Crippen LogP contribution in [0.3, 0.4) is 0 Å². The van der Waals surface area contributed by atoms with Gasteiger partial charge in [-0.3, -0.25) is 9.59 Å². The number of carbonyl (C=O) groups excluding carboxylic acids is 2. The summed E-state index contributed by atoms with van der Waals surface area (Å²) in [7, 11) is 0. The zero-order valence-corrected chi connectivity index (χ0v) is 16.6. The van der Waals surface area contributed by atoms with E-state index in [1.54, 1.807) is 16.6 Å². The smallest absolute Gasteiger partial charge is 0.252 e. The summed E-state index contributed by atoms with van der Waals surface area (Å²) in [5.41, 5.74) is 15.3.